The number of ketones is 1. The molecule has 0 aliphatic carbocycles. The van der Waals surface area contributed by atoms with Gasteiger partial charge in [-0.25, -0.2) is 14.6 Å². The van der Waals surface area contributed by atoms with E-state index in [0.29, 0.717) is 18.9 Å². The molecule has 2 heterocycles. The van der Waals surface area contributed by atoms with E-state index in [-0.39, 0.29) is 30.8 Å². The summed E-state index contributed by atoms with van der Waals surface area (Å²) in [6.45, 7) is 10.1. The highest BCUT2D eigenvalue weighted by atomic mass is 32.1. The summed E-state index contributed by atoms with van der Waals surface area (Å²) in [6.07, 6.45) is 3.30. The molecule has 3 N–H and O–H groups in total. The van der Waals surface area contributed by atoms with Crippen LogP contribution in [0.3, 0.4) is 0 Å². The lowest BCUT2D eigenvalue weighted by Crippen LogP contribution is -2.51. The molecule has 0 aromatic carbocycles. The monoisotopic (exact) mass is 581 g/mol. The number of urea groups is 1. The standard InChI is InChI=1S/C27H43N5O5S2/c1-7-19(9-10-20(8-2)30-27(36)37-14-22-12-28-16-39-22)11-23(34)24(18(5)33)31-26(35)32(6)13-21-15-38-25(29-21)17(3)4/h12,15-20,24,33H,7-11,13-14H2,1-6H3,(H,30,36)(H,31,35)/t18?,19-,20-,24-/m0/s1. The first-order valence-corrected chi connectivity index (χ1v) is 15.3. The Balaban J connectivity index is 1.85. The Kier molecular flexibility index (Phi) is 13.8. The molecule has 0 spiro atoms. The van der Waals surface area contributed by atoms with Crippen LogP contribution in [0.1, 0.15) is 88.2 Å². The summed E-state index contributed by atoms with van der Waals surface area (Å²) in [5.74, 6) is 0.166. The average Bonchev–Trinajstić information content (AvgIpc) is 3.59. The van der Waals surface area contributed by atoms with Crippen LogP contribution in [0.15, 0.2) is 17.1 Å². The molecule has 0 fully saturated rings. The number of rotatable bonds is 16. The van der Waals surface area contributed by atoms with Gasteiger partial charge < -0.3 is 25.4 Å². The molecule has 3 amide bonds. The Morgan fingerprint density at radius 2 is 1.85 bits per heavy atom. The van der Waals surface area contributed by atoms with E-state index in [0.717, 1.165) is 34.8 Å². The predicted octanol–water partition coefficient (Wildman–Crippen LogP) is 5.08. The second-order valence-electron chi connectivity index (χ2n) is 10.2. The van der Waals surface area contributed by atoms with Crippen molar-refractivity contribution < 1.29 is 24.2 Å². The van der Waals surface area contributed by atoms with E-state index in [2.05, 4.69) is 34.4 Å². The number of nitrogens with one attached hydrogen (secondary N) is 2. The zero-order valence-electron chi connectivity index (χ0n) is 23.8. The van der Waals surface area contributed by atoms with Crippen molar-refractivity contribution in [1.82, 2.24) is 25.5 Å². The quantitative estimate of drug-likeness (QED) is 0.252. The molecule has 10 nitrogen and oxygen atoms in total. The zero-order chi connectivity index (χ0) is 28.9. The summed E-state index contributed by atoms with van der Waals surface area (Å²) >= 11 is 2.99. The molecule has 39 heavy (non-hydrogen) atoms. The maximum absolute atomic E-state index is 13.1. The fraction of sp³-hybridized carbons (Fsp3) is 0.667. The van der Waals surface area contributed by atoms with Crippen molar-refractivity contribution in [2.45, 2.75) is 104 Å². The number of aromatic nitrogens is 2. The molecule has 0 aliphatic rings. The third-order valence-electron chi connectivity index (χ3n) is 6.55. The van der Waals surface area contributed by atoms with Gasteiger partial charge in [-0.1, -0.05) is 34.1 Å². The summed E-state index contributed by atoms with van der Waals surface area (Å²) < 4.78 is 5.27. The first kappa shape index (κ1) is 32.6. The SMILES string of the molecule is CC[C@@H](CC[C@H](CC)NC(=O)OCc1cncs1)CC(=O)[C@@H](NC(=O)N(C)Cc1csc(C(C)C)n1)C(C)O. The van der Waals surface area contributed by atoms with E-state index >= 15 is 0 Å². The zero-order valence-corrected chi connectivity index (χ0v) is 25.4. The number of ether oxygens (including phenoxy) is 1. The number of hydrogen-bond donors (Lipinski definition) is 3. The van der Waals surface area contributed by atoms with Gasteiger partial charge >= 0.3 is 12.1 Å². The van der Waals surface area contributed by atoms with Gasteiger partial charge in [0.05, 0.1) is 33.7 Å². The number of aliphatic hydroxyl groups excluding tert-OH is 1. The number of Topliss-reactive ketones (excluding diaryl/α,β-unsaturated/α-hetero) is 1. The van der Waals surface area contributed by atoms with Crippen molar-refractivity contribution in [2.24, 2.45) is 5.92 Å². The van der Waals surface area contributed by atoms with Crippen LogP contribution < -0.4 is 10.6 Å². The van der Waals surface area contributed by atoms with E-state index < -0.39 is 24.3 Å². The number of hydrogen-bond acceptors (Lipinski definition) is 9. The van der Waals surface area contributed by atoms with Crippen molar-refractivity contribution in [3.63, 3.8) is 0 Å². The van der Waals surface area contributed by atoms with Crippen LogP contribution in [0.5, 0.6) is 0 Å². The fourth-order valence-electron chi connectivity index (χ4n) is 4.02. The summed E-state index contributed by atoms with van der Waals surface area (Å²) in [7, 11) is 1.64. The molecular formula is C27H43N5O5S2. The van der Waals surface area contributed by atoms with E-state index in [1.54, 1.807) is 30.1 Å². The number of aliphatic hydroxyl groups is 1. The average molecular weight is 582 g/mol. The molecular weight excluding hydrogens is 538 g/mol. The summed E-state index contributed by atoms with van der Waals surface area (Å²) in [5, 5.41) is 18.8. The topological polar surface area (TPSA) is 134 Å². The largest absolute Gasteiger partial charge is 0.444 e. The fourth-order valence-corrected chi connectivity index (χ4v) is 5.36. The smallest absolute Gasteiger partial charge is 0.407 e. The lowest BCUT2D eigenvalue weighted by Gasteiger charge is -2.26. The van der Waals surface area contributed by atoms with Crippen molar-refractivity contribution >= 4 is 40.6 Å². The van der Waals surface area contributed by atoms with Crippen molar-refractivity contribution in [3.05, 3.63) is 32.7 Å². The molecule has 0 bridgehead atoms. The minimum Gasteiger partial charge on any atom is -0.444 e. The molecule has 0 aliphatic heterocycles. The van der Waals surface area contributed by atoms with Gasteiger partial charge in [-0.2, -0.15) is 0 Å². The Labute approximate surface area is 239 Å². The van der Waals surface area contributed by atoms with Gasteiger partial charge in [0.2, 0.25) is 0 Å². The number of nitrogens with zero attached hydrogens (tertiary/aromatic N) is 3. The highest BCUT2D eigenvalue weighted by Crippen LogP contribution is 2.21. The minimum absolute atomic E-state index is 0.0573. The van der Waals surface area contributed by atoms with Crippen LogP contribution in [0.25, 0.3) is 0 Å². The van der Waals surface area contributed by atoms with Crippen molar-refractivity contribution in [3.8, 4) is 0 Å². The second-order valence-corrected chi connectivity index (χ2v) is 12.0. The minimum atomic E-state index is -1.03. The van der Waals surface area contributed by atoms with Crippen LogP contribution in [-0.4, -0.2) is 63.1 Å². The molecule has 1 unspecified atom stereocenters. The van der Waals surface area contributed by atoms with E-state index in [1.807, 2.05) is 19.2 Å². The number of thiazole rings is 2. The summed E-state index contributed by atoms with van der Waals surface area (Å²) in [4.78, 5) is 49.0. The maximum atomic E-state index is 13.1. The summed E-state index contributed by atoms with van der Waals surface area (Å²) in [6, 6.07) is -1.52. The third kappa shape index (κ3) is 11.2. The number of carbonyl (C=O) groups excluding carboxylic acids is 3. The van der Waals surface area contributed by atoms with Crippen LogP contribution in [0.2, 0.25) is 0 Å². The number of carbonyl (C=O) groups is 3. The normalized spacial score (nSPS) is 14.4. The van der Waals surface area contributed by atoms with Gasteiger partial charge in [0.1, 0.15) is 12.6 Å². The second kappa shape index (κ2) is 16.5. The molecule has 2 aromatic rings. The molecule has 0 radical (unpaired) electrons. The molecule has 218 valence electrons. The first-order valence-electron chi connectivity index (χ1n) is 13.5. The highest BCUT2D eigenvalue weighted by Gasteiger charge is 2.29. The molecule has 12 heteroatoms. The van der Waals surface area contributed by atoms with Crippen LogP contribution >= 0.6 is 22.7 Å². The first-order chi connectivity index (χ1) is 18.5. The maximum Gasteiger partial charge on any atom is 0.407 e. The van der Waals surface area contributed by atoms with Gasteiger partial charge in [0, 0.05) is 37.0 Å². The third-order valence-corrected chi connectivity index (χ3v) is 8.50. The van der Waals surface area contributed by atoms with Crippen LogP contribution in [-0.2, 0) is 22.7 Å². The van der Waals surface area contributed by atoms with Gasteiger partial charge in [-0.15, -0.1) is 22.7 Å². The number of alkyl carbamates (subject to hydrolysis) is 1. The van der Waals surface area contributed by atoms with Gasteiger partial charge in [0.15, 0.2) is 5.78 Å². The molecule has 0 saturated carbocycles. The van der Waals surface area contributed by atoms with Crippen molar-refractivity contribution in [2.75, 3.05) is 7.05 Å². The summed E-state index contributed by atoms with van der Waals surface area (Å²) in [5.41, 5.74) is 2.48. The Morgan fingerprint density at radius 1 is 1.10 bits per heavy atom. The molecule has 2 rings (SSSR count). The van der Waals surface area contributed by atoms with Gasteiger partial charge in [-0.05, 0) is 32.1 Å². The lowest BCUT2D eigenvalue weighted by atomic mass is 9.89. The lowest BCUT2D eigenvalue weighted by molar-refractivity contribution is -0.124. The Bertz CT molecular complexity index is 1030. The molecule has 0 saturated heterocycles. The van der Waals surface area contributed by atoms with Gasteiger partial charge in [0.25, 0.3) is 0 Å². The Hall–Kier alpha value is -2.57. The van der Waals surface area contributed by atoms with E-state index in [1.165, 1.54) is 23.2 Å². The van der Waals surface area contributed by atoms with Gasteiger partial charge in [-0.3, -0.25) is 9.78 Å². The molecule has 4 atom stereocenters. The predicted molar refractivity (Wildman–Crippen MR) is 154 cm³/mol. The van der Waals surface area contributed by atoms with E-state index in [4.69, 9.17) is 4.74 Å². The highest BCUT2D eigenvalue weighted by molar-refractivity contribution is 7.09. The van der Waals surface area contributed by atoms with Crippen molar-refractivity contribution in [1.29, 1.82) is 0 Å². The van der Waals surface area contributed by atoms with Crippen LogP contribution in [0, 0.1) is 5.92 Å². The Morgan fingerprint density at radius 3 is 2.41 bits per heavy atom. The van der Waals surface area contributed by atoms with E-state index in [9.17, 15) is 19.5 Å². The molecule has 2 aromatic heterocycles. The number of amides is 3. The van der Waals surface area contributed by atoms with Crippen LogP contribution in [0.4, 0.5) is 9.59 Å².